The van der Waals surface area contributed by atoms with E-state index in [0.717, 1.165) is 17.0 Å². The monoisotopic (exact) mass is 327 g/mol. The topological polar surface area (TPSA) is 119 Å². The summed E-state index contributed by atoms with van der Waals surface area (Å²) in [6.45, 7) is 1.92. The van der Waals surface area contributed by atoms with E-state index in [9.17, 15) is 20.0 Å². The third kappa shape index (κ3) is 3.02. The van der Waals surface area contributed by atoms with E-state index in [1.165, 1.54) is 12.1 Å². The van der Waals surface area contributed by atoms with Gasteiger partial charge in [0.05, 0.1) is 23.1 Å². The smallest absolute Gasteiger partial charge is 0.273 e. The zero-order chi connectivity index (χ0) is 17.3. The molecule has 8 nitrogen and oxygen atoms in total. The van der Waals surface area contributed by atoms with Crippen molar-refractivity contribution in [3.05, 3.63) is 57.8 Å². The van der Waals surface area contributed by atoms with E-state index >= 15 is 0 Å². The highest BCUT2D eigenvalue weighted by Gasteiger charge is 2.15. The first kappa shape index (κ1) is 15.5. The summed E-state index contributed by atoms with van der Waals surface area (Å²) in [7, 11) is 0. The van der Waals surface area contributed by atoms with Gasteiger partial charge in [-0.05, 0) is 25.1 Å². The second-order valence-corrected chi connectivity index (χ2v) is 5.31. The van der Waals surface area contributed by atoms with Crippen molar-refractivity contribution in [3.8, 4) is 5.75 Å². The molecule has 3 aromatic rings. The van der Waals surface area contributed by atoms with Gasteiger partial charge in [-0.1, -0.05) is 16.8 Å². The number of rotatable bonds is 4. The molecular formula is C16H13N3O5. The van der Waals surface area contributed by atoms with E-state index in [4.69, 9.17) is 4.52 Å². The molecule has 1 amide bonds. The molecule has 24 heavy (non-hydrogen) atoms. The number of benzene rings is 2. The number of phenols is 1. The van der Waals surface area contributed by atoms with Crippen LogP contribution >= 0.6 is 0 Å². The number of aromatic nitrogens is 1. The first-order valence-corrected chi connectivity index (χ1v) is 7.06. The summed E-state index contributed by atoms with van der Waals surface area (Å²) in [4.78, 5) is 22.2. The number of nitrogens with zero attached hydrogens (tertiary/aromatic N) is 2. The average Bonchev–Trinajstić information content (AvgIpc) is 2.91. The highest BCUT2D eigenvalue weighted by atomic mass is 16.6. The van der Waals surface area contributed by atoms with Crippen molar-refractivity contribution in [1.29, 1.82) is 0 Å². The molecule has 0 bridgehead atoms. The maximum absolute atomic E-state index is 12.1. The molecule has 1 heterocycles. The van der Waals surface area contributed by atoms with Gasteiger partial charge in [0.1, 0.15) is 11.4 Å². The SMILES string of the molecule is Cc1ccc2onc(CC(=O)Nc3ccc([N+](=O)[O-])cc3O)c2c1. The second-order valence-electron chi connectivity index (χ2n) is 5.31. The maximum atomic E-state index is 12.1. The van der Waals surface area contributed by atoms with Gasteiger partial charge in [-0.3, -0.25) is 14.9 Å². The zero-order valence-electron chi connectivity index (χ0n) is 12.6. The molecule has 0 aliphatic carbocycles. The molecule has 1 aromatic heterocycles. The van der Waals surface area contributed by atoms with Crippen LogP contribution in [0.1, 0.15) is 11.3 Å². The van der Waals surface area contributed by atoms with E-state index in [2.05, 4.69) is 10.5 Å². The molecule has 8 heteroatoms. The molecule has 0 aliphatic heterocycles. The number of non-ortho nitro benzene ring substituents is 1. The Kier molecular flexibility index (Phi) is 3.87. The minimum Gasteiger partial charge on any atom is -0.506 e. The number of carbonyl (C=O) groups excluding carboxylic acids is 1. The Morgan fingerprint density at radius 1 is 1.33 bits per heavy atom. The van der Waals surface area contributed by atoms with Crippen LogP contribution < -0.4 is 5.32 Å². The fourth-order valence-corrected chi connectivity index (χ4v) is 2.32. The highest BCUT2D eigenvalue weighted by molar-refractivity contribution is 5.95. The Morgan fingerprint density at radius 3 is 2.83 bits per heavy atom. The van der Waals surface area contributed by atoms with Gasteiger partial charge in [0, 0.05) is 11.5 Å². The van der Waals surface area contributed by atoms with Gasteiger partial charge in [0.25, 0.3) is 5.69 Å². The van der Waals surface area contributed by atoms with E-state index in [0.29, 0.717) is 11.3 Å². The molecule has 2 N–H and O–H groups in total. The predicted molar refractivity (Wildman–Crippen MR) is 85.8 cm³/mol. The number of amides is 1. The van der Waals surface area contributed by atoms with Crippen LogP contribution in [-0.4, -0.2) is 21.1 Å². The Hall–Kier alpha value is -3.42. The number of nitro benzene ring substituents is 1. The summed E-state index contributed by atoms with van der Waals surface area (Å²) in [6, 6.07) is 8.98. The summed E-state index contributed by atoms with van der Waals surface area (Å²) in [6.07, 6.45) is -0.0487. The van der Waals surface area contributed by atoms with Crippen LogP contribution in [-0.2, 0) is 11.2 Å². The maximum Gasteiger partial charge on any atom is 0.273 e. The van der Waals surface area contributed by atoms with Crippen LogP contribution in [0.5, 0.6) is 5.75 Å². The first-order chi connectivity index (χ1) is 11.4. The van der Waals surface area contributed by atoms with Gasteiger partial charge >= 0.3 is 0 Å². The third-order valence-electron chi connectivity index (χ3n) is 3.49. The summed E-state index contributed by atoms with van der Waals surface area (Å²) in [5.41, 5.74) is 1.91. The quantitative estimate of drug-likeness (QED) is 0.432. The highest BCUT2D eigenvalue weighted by Crippen LogP contribution is 2.28. The van der Waals surface area contributed by atoms with Gasteiger partial charge in [0.2, 0.25) is 5.91 Å². The van der Waals surface area contributed by atoms with Gasteiger partial charge in [-0.15, -0.1) is 0 Å². The lowest BCUT2D eigenvalue weighted by Gasteiger charge is -2.06. The lowest BCUT2D eigenvalue weighted by atomic mass is 10.1. The molecular weight excluding hydrogens is 314 g/mol. The number of phenolic OH excluding ortho intramolecular Hbond substituents is 1. The largest absolute Gasteiger partial charge is 0.506 e. The zero-order valence-corrected chi connectivity index (χ0v) is 12.6. The number of anilines is 1. The van der Waals surface area contributed by atoms with Crippen molar-refractivity contribution in [2.45, 2.75) is 13.3 Å². The molecule has 0 saturated heterocycles. The molecule has 0 saturated carbocycles. The number of fused-ring (bicyclic) bond motifs is 1. The summed E-state index contributed by atoms with van der Waals surface area (Å²) >= 11 is 0. The van der Waals surface area contributed by atoms with Crippen molar-refractivity contribution in [1.82, 2.24) is 5.16 Å². The van der Waals surface area contributed by atoms with Crippen LogP contribution in [0.4, 0.5) is 11.4 Å². The first-order valence-electron chi connectivity index (χ1n) is 7.06. The number of carbonyl (C=O) groups is 1. The molecule has 0 fully saturated rings. The molecule has 0 aliphatic rings. The lowest BCUT2D eigenvalue weighted by Crippen LogP contribution is -2.14. The van der Waals surface area contributed by atoms with Crippen LogP contribution in [0, 0.1) is 17.0 Å². The standard InChI is InChI=1S/C16H13N3O5/c1-9-2-5-15-11(6-9)13(18-24-15)8-16(21)17-12-4-3-10(19(22)23)7-14(12)20/h2-7,20H,8H2,1H3,(H,17,21). The summed E-state index contributed by atoms with van der Waals surface area (Å²) < 4.78 is 5.17. The minimum atomic E-state index is -0.630. The van der Waals surface area contributed by atoms with Crippen LogP contribution in [0.15, 0.2) is 40.9 Å². The molecule has 2 aromatic carbocycles. The predicted octanol–water partition coefficient (Wildman–Crippen LogP) is 2.93. The average molecular weight is 327 g/mol. The van der Waals surface area contributed by atoms with Crippen molar-refractivity contribution < 1.29 is 19.3 Å². The van der Waals surface area contributed by atoms with E-state index in [1.807, 2.05) is 19.1 Å². The van der Waals surface area contributed by atoms with Gasteiger partial charge in [0.15, 0.2) is 5.58 Å². The second kappa shape index (κ2) is 5.99. The number of aromatic hydroxyl groups is 1. The Bertz CT molecular complexity index is 948. The number of hydrogen-bond acceptors (Lipinski definition) is 6. The van der Waals surface area contributed by atoms with Gasteiger partial charge in [-0.25, -0.2) is 0 Å². The van der Waals surface area contributed by atoms with Crippen molar-refractivity contribution >= 4 is 28.3 Å². The van der Waals surface area contributed by atoms with E-state index < -0.39 is 10.8 Å². The number of aryl methyl sites for hydroxylation is 1. The Labute approximate surface area is 135 Å². The Balaban J connectivity index is 1.78. The minimum absolute atomic E-state index is 0.0487. The molecule has 0 unspecified atom stereocenters. The van der Waals surface area contributed by atoms with Gasteiger partial charge < -0.3 is 14.9 Å². The number of nitro groups is 1. The van der Waals surface area contributed by atoms with Crippen LogP contribution in [0.25, 0.3) is 11.0 Å². The lowest BCUT2D eigenvalue weighted by molar-refractivity contribution is -0.384. The summed E-state index contributed by atoms with van der Waals surface area (Å²) in [5.74, 6) is -0.797. The normalized spacial score (nSPS) is 10.7. The fourth-order valence-electron chi connectivity index (χ4n) is 2.32. The third-order valence-corrected chi connectivity index (χ3v) is 3.49. The summed E-state index contributed by atoms with van der Waals surface area (Å²) in [5, 5.41) is 27.5. The number of nitrogens with one attached hydrogen (secondary N) is 1. The fraction of sp³-hybridized carbons (Fsp3) is 0.125. The molecule has 0 radical (unpaired) electrons. The van der Waals surface area contributed by atoms with Crippen molar-refractivity contribution in [2.24, 2.45) is 0 Å². The Morgan fingerprint density at radius 2 is 2.12 bits per heavy atom. The van der Waals surface area contributed by atoms with E-state index in [1.54, 1.807) is 6.07 Å². The number of hydrogen-bond donors (Lipinski definition) is 2. The van der Waals surface area contributed by atoms with E-state index in [-0.39, 0.29) is 23.5 Å². The van der Waals surface area contributed by atoms with Crippen LogP contribution in [0.3, 0.4) is 0 Å². The van der Waals surface area contributed by atoms with Crippen molar-refractivity contribution in [3.63, 3.8) is 0 Å². The van der Waals surface area contributed by atoms with Crippen LogP contribution in [0.2, 0.25) is 0 Å². The molecule has 0 atom stereocenters. The molecule has 0 spiro atoms. The molecule has 3 rings (SSSR count). The molecule has 122 valence electrons. The van der Waals surface area contributed by atoms with Crippen molar-refractivity contribution in [2.75, 3.05) is 5.32 Å². The van der Waals surface area contributed by atoms with Gasteiger partial charge in [-0.2, -0.15) is 0 Å².